The molecule has 2 unspecified atom stereocenters. The summed E-state index contributed by atoms with van der Waals surface area (Å²) in [6.45, 7) is 6.24. The first-order valence-electron chi connectivity index (χ1n) is 6.63. The van der Waals surface area contributed by atoms with Crippen LogP contribution in [0.25, 0.3) is 0 Å². The summed E-state index contributed by atoms with van der Waals surface area (Å²) in [7, 11) is 0. The molecule has 0 bridgehead atoms. The van der Waals surface area contributed by atoms with Crippen LogP contribution in [0.2, 0.25) is 0 Å². The summed E-state index contributed by atoms with van der Waals surface area (Å²) in [4.78, 5) is 35.9. The number of likely N-dealkylation sites (tertiary alicyclic amines) is 1. The molecule has 0 spiro atoms. The molecule has 2 N–H and O–H groups in total. The Hall–Kier alpha value is -1.59. The van der Waals surface area contributed by atoms with Gasteiger partial charge in [-0.25, -0.2) is 0 Å². The van der Waals surface area contributed by atoms with Gasteiger partial charge in [-0.15, -0.1) is 0 Å². The van der Waals surface area contributed by atoms with E-state index in [1.807, 2.05) is 13.8 Å². The first-order valence-corrected chi connectivity index (χ1v) is 6.63. The standard InChI is InChI=1S/C13H22N2O4/c1-8(2)15-7-10(6-11(15)16)12(17)14-5-4-9(3)13(18)19/h8-10H,4-7H2,1-3H3,(H,14,17)(H,18,19). The number of amides is 2. The molecule has 1 aliphatic heterocycles. The highest BCUT2D eigenvalue weighted by Crippen LogP contribution is 2.20. The summed E-state index contributed by atoms with van der Waals surface area (Å²) in [6, 6.07) is 0.109. The molecule has 0 saturated carbocycles. The smallest absolute Gasteiger partial charge is 0.306 e. The number of nitrogens with one attached hydrogen (secondary N) is 1. The Balaban J connectivity index is 2.35. The maximum atomic E-state index is 11.9. The first kappa shape index (κ1) is 15.5. The summed E-state index contributed by atoms with van der Waals surface area (Å²) in [5, 5.41) is 11.4. The van der Waals surface area contributed by atoms with Gasteiger partial charge in [0.15, 0.2) is 0 Å². The summed E-state index contributed by atoms with van der Waals surface area (Å²) in [5.74, 6) is -1.80. The van der Waals surface area contributed by atoms with Crippen molar-refractivity contribution in [1.29, 1.82) is 0 Å². The summed E-state index contributed by atoms with van der Waals surface area (Å²) in [5.41, 5.74) is 0. The number of aliphatic carboxylic acids is 1. The Morgan fingerprint density at radius 1 is 1.42 bits per heavy atom. The highest BCUT2D eigenvalue weighted by atomic mass is 16.4. The van der Waals surface area contributed by atoms with E-state index in [2.05, 4.69) is 5.32 Å². The van der Waals surface area contributed by atoms with Gasteiger partial charge in [0.05, 0.1) is 11.8 Å². The minimum Gasteiger partial charge on any atom is -0.481 e. The van der Waals surface area contributed by atoms with Crippen LogP contribution in [0.15, 0.2) is 0 Å². The van der Waals surface area contributed by atoms with Gasteiger partial charge in [0.2, 0.25) is 11.8 Å². The van der Waals surface area contributed by atoms with E-state index in [4.69, 9.17) is 5.11 Å². The summed E-state index contributed by atoms with van der Waals surface area (Å²) in [6.07, 6.45) is 0.647. The molecule has 6 nitrogen and oxygen atoms in total. The van der Waals surface area contributed by atoms with Crippen LogP contribution in [-0.2, 0) is 14.4 Å². The number of hydrogen-bond donors (Lipinski definition) is 2. The molecule has 1 heterocycles. The van der Waals surface area contributed by atoms with E-state index in [0.717, 1.165) is 0 Å². The van der Waals surface area contributed by atoms with E-state index in [0.29, 0.717) is 19.5 Å². The maximum Gasteiger partial charge on any atom is 0.306 e. The van der Waals surface area contributed by atoms with Crippen LogP contribution in [0.1, 0.15) is 33.6 Å². The van der Waals surface area contributed by atoms with Crippen LogP contribution in [0.4, 0.5) is 0 Å². The lowest BCUT2D eigenvalue weighted by molar-refractivity contribution is -0.141. The van der Waals surface area contributed by atoms with Gasteiger partial charge in [-0.2, -0.15) is 0 Å². The number of rotatable bonds is 6. The van der Waals surface area contributed by atoms with Gasteiger partial charge >= 0.3 is 5.97 Å². The van der Waals surface area contributed by atoms with Crippen LogP contribution < -0.4 is 5.32 Å². The van der Waals surface area contributed by atoms with E-state index in [9.17, 15) is 14.4 Å². The van der Waals surface area contributed by atoms with Crippen LogP contribution in [0, 0.1) is 11.8 Å². The van der Waals surface area contributed by atoms with Gasteiger partial charge in [-0.1, -0.05) is 6.92 Å². The van der Waals surface area contributed by atoms with Gasteiger partial charge in [-0.05, 0) is 20.3 Å². The predicted molar refractivity (Wildman–Crippen MR) is 69.4 cm³/mol. The fourth-order valence-corrected chi connectivity index (χ4v) is 2.09. The van der Waals surface area contributed by atoms with Crippen molar-refractivity contribution in [2.24, 2.45) is 11.8 Å². The van der Waals surface area contributed by atoms with E-state index in [-0.39, 0.29) is 30.2 Å². The number of nitrogens with zero attached hydrogens (tertiary/aromatic N) is 1. The van der Waals surface area contributed by atoms with Crippen LogP contribution in [-0.4, -0.2) is 46.9 Å². The Morgan fingerprint density at radius 3 is 2.53 bits per heavy atom. The Bertz CT molecular complexity index is 368. The third kappa shape index (κ3) is 4.22. The zero-order valence-corrected chi connectivity index (χ0v) is 11.7. The molecule has 1 saturated heterocycles. The van der Waals surface area contributed by atoms with Crippen molar-refractivity contribution in [1.82, 2.24) is 10.2 Å². The second kappa shape index (κ2) is 6.54. The fourth-order valence-electron chi connectivity index (χ4n) is 2.09. The Labute approximate surface area is 113 Å². The molecule has 0 aromatic carbocycles. The summed E-state index contributed by atoms with van der Waals surface area (Å²) >= 11 is 0. The molecule has 0 radical (unpaired) electrons. The Morgan fingerprint density at radius 2 is 2.05 bits per heavy atom. The van der Waals surface area contributed by atoms with Crippen LogP contribution >= 0.6 is 0 Å². The number of carboxylic acid groups (broad SMARTS) is 1. The molecular weight excluding hydrogens is 248 g/mol. The molecule has 1 rings (SSSR count). The van der Waals surface area contributed by atoms with Crippen molar-refractivity contribution in [3.05, 3.63) is 0 Å². The van der Waals surface area contributed by atoms with E-state index in [1.54, 1.807) is 11.8 Å². The first-order chi connectivity index (χ1) is 8.82. The largest absolute Gasteiger partial charge is 0.481 e. The molecule has 0 aromatic rings. The molecule has 2 amide bonds. The number of carbonyl (C=O) groups is 3. The highest BCUT2D eigenvalue weighted by Gasteiger charge is 2.35. The molecule has 6 heteroatoms. The average Bonchev–Trinajstić information content (AvgIpc) is 2.71. The molecule has 1 fully saturated rings. The zero-order valence-electron chi connectivity index (χ0n) is 11.7. The molecule has 108 valence electrons. The van der Waals surface area contributed by atoms with Crippen molar-refractivity contribution < 1.29 is 19.5 Å². The van der Waals surface area contributed by atoms with Crippen molar-refractivity contribution in [2.75, 3.05) is 13.1 Å². The van der Waals surface area contributed by atoms with Crippen molar-refractivity contribution in [3.63, 3.8) is 0 Å². The normalized spacial score (nSPS) is 20.7. The van der Waals surface area contributed by atoms with Crippen molar-refractivity contribution >= 4 is 17.8 Å². The third-order valence-electron chi connectivity index (χ3n) is 3.45. The highest BCUT2D eigenvalue weighted by molar-refractivity contribution is 5.89. The molecule has 1 aliphatic rings. The SMILES string of the molecule is CC(CCNC(=O)C1CC(=O)N(C(C)C)C1)C(=O)O. The van der Waals surface area contributed by atoms with E-state index >= 15 is 0 Å². The minimum absolute atomic E-state index is 0.00838. The van der Waals surface area contributed by atoms with E-state index < -0.39 is 11.9 Å². The number of carbonyl (C=O) groups excluding carboxylic acids is 2. The van der Waals surface area contributed by atoms with Crippen LogP contribution in [0.5, 0.6) is 0 Å². The van der Waals surface area contributed by atoms with E-state index in [1.165, 1.54) is 0 Å². The zero-order chi connectivity index (χ0) is 14.6. The van der Waals surface area contributed by atoms with Gasteiger partial charge < -0.3 is 15.3 Å². The molecule has 0 aliphatic carbocycles. The number of carboxylic acids is 1. The monoisotopic (exact) mass is 270 g/mol. The second-order valence-corrected chi connectivity index (χ2v) is 5.36. The van der Waals surface area contributed by atoms with Crippen LogP contribution in [0.3, 0.4) is 0 Å². The molecule has 19 heavy (non-hydrogen) atoms. The summed E-state index contributed by atoms with van der Waals surface area (Å²) < 4.78 is 0. The lowest BCUT2D eigenvalue weighted by Crippen LogP contribution is -2.36. The maximum absolute atomic E-state index is 11.9. The lowest BCUT2D eigenvalue weighted by atomic mass is 10.1. The average molecular weight is 270 g/mol. The quantitative estimate of drug-likeness (QED) is 0.734. The molecule has 0 aromatic heterocycles. The second-order valence-electron chi connectivity index (χ2n) is 5.36. The van der Waals surface area contributed by atoms with Crippen molar-refractivity contribution in [3.8, 4) is 0 Å². The van der Waals surface area contributed by atoms with Crippen molar-refractivity contribution in [2.45, 2.75) is 39.7 Å². The predicted octanol–water partition coefficient (Wildman–Crippen LogP) is 0.470. The van der Waals surface area contributed by atoms with Gasteiger partial charge in [0.1, 0.15) is 0 Å². The van der Waals surface area contributed by atoms with Gasteiger partial charge in [0, 0.05) is 25.6 Å². The fraction of sp³-hybridized carbons (Fsp3) is 0.769. The third-order valence-corrected chi connectivity index (χ3v) is 3.45. The molecular formula is C13H22N2O4. The molecule has 2 atom stereocenters. The topological polar surface area (TPSA) is 86.7 Å². The Kier molecular flexibility index (Phi) is 5.32. The number of hydrogen-bond acceptors (Lipinski definition) is 3. The van der Waals surface area contributed by atoms with Gasteiger partial charge in [0.25, 0.3) is 0 Å². The van der Waals surface area contributed by atoms with Gasteiger partial charge in [-0.3, -0.25) is 14.4 Å². The lowest BCUT2D eigenvalue weighted by Gasteiger charge is -2.20. The minimum atomic E-state index is -0.865.